The molecule has 0 aliphatic heterocycles. The van der Waals surface area contributed by atoms with Gasteiger partial charge < -0.3 is 10.8 Å². The smallest absolute Gasteiger partial charge is 0.320 e. The summed E-state index contributed by atoms with van der Waals surface area (Å²) in [6.07, 6.45) is 6.75. The summed E-state index contributed by atoms with van der Waals surface area (Å²) in [4.78, 5) is 10.6. The molecular weight excluding hydrogens is 154 g/mol. The Kier molecular flexibility index (Phi) is 3.53. The molecule has 12 heavy (non-hydrogen) atoms. The van der Waals surface area contributed by atoms with Crippen molar-refractivity contribution in [2.24, 2.45) is 11.7 Å². The molecule has 0 amide bonds. The SMILES string of the molecule is N[C@@H](C(=O)O)C1CCCCCC1. The van der Waals surface area contributed by atoms with Crippen LogP contribution in [0.2, 0.25) is 0 Å². The standard InChI is InChI=1S/C9H17NO2/c10-8(9(11)12)7-5-3-1-2-4-6-7/h7-8H,1-6,10H2,(H,11,12)/t8-/m1/s1. The highest BCUT2D eigenvalue weighted by molar-refractivity contribution is 5.73. The average Bonchev–Trinajstić information content (AvgIpc) is 2.30. The molecule has 1 atom stereocenters. The lowest BCUT2D eigenvalue weighted by Gasteiger charge is -2.17. The molecule has 3 heteroatoms. The molecule has 3 N–H and O–H groups in total. The third kappa shape index (κ3) is 2.48. The zero-order chi connectivity index (χ0) is 8.97. The predicted molar refractivity (Wildman–Crippen MR) is 46.8 cm³/mol. The van der Waals surface area contributed by atoms with Gasteiger partial charge in [0, 0.05) is 0 Å². The van der Waals surface area contributed by atoms with Gasteiger partial charge in [0.1, 0.15) is 6.04 Å². The maximum absolute atomic E-state index is 10.6. The van der Waals surface area contributed by atoms with E-state index in [0.717, 1.165) is 25.7 Å². The fourth-order valence-corrected chi connectivity index (χ4v) is 1.87. The van der Waals surface area contributed by atoms with Gasteiger partial charge in [0.25, 0.3) is 0 Å². The van der Waals surface area contributed by atoms with E-state index in [1.54, 1.807) is 0 Å². The quantitative estimate of drug-likeness (QED) is 0.617. The van der Waals surface area contributed by atoms with Gasteiger partial charge in [0.15, 0.2) is 0 Å². The first-order valence-electron chi connectivity index (χ1n) is 4.70. The van der Waals surface area contributed by atoms with Crippen LogP contribution < -0.4 is 5.73 Å². The van der Waals surface area contributed by atoms with Gasteiger partial charge in [-0.05, 0) is 18.8 Å². The highest BCUT2D eigenvalue weighted by Crippen LogP contribution is 2.24. The molecule has 0 aromatic carbocycles. The summed E-state index contributed by atoms with van der Waals surface area (Å²) in [5.74, 6) is -0.633. The van der Waals surface area contributed by atoms with Crippen LogP contribution in [-0.2, 0) is 4.79 Å². The van der Waals surface area contributed by atoms with E-state index in [2.05, 4.69) is 0 Å². The minimum atomic E-state index is -0.845. The van der Waals surface area contributed by atoms with Crippen molar-refractivity contribution in [3.63, 3.8) is 0 Å². The molecule has 1 rings (SSSR count). The second-order valence-corrected chi connectivity index (χ2v) is 3.62. The molecule has 1 aliphatic rings. The van der Waals surface area contributed by atoms with E-state index in [1.807, 2.05) is 0 Å². The Bertz CT molecular complexity index is 151. The van der Waals surface area contributed by atoms with Gasteiger partial charge in [0.05, 0.1) is 0 Å². The topological polar surface area (TPSA) is 63.3 Å². The number of rotatable bonds is 2. The third-order valence-electron chi connectivity index (χ3n) is 2.69. The van der Waals surface area contributed by atoms with Crippen molar-refractivity contribution in [3.05, 3.63) is 0 Å². The third-order valence-corrected chi connectivity index (χ3v) is 2.69. The Hall–Kier alpha value is -0.570. The zero-order valence-electron chi connectivity index (χ0n) is 7.33. The number of carboxylic acid groups (broad SMARTS) is 1. The van der Waals surface area contributed by atoms with Crippen molar-refractivity contribution in [3.8, 4) is 0 Å². The number of carbonyl (C=O) groups is 1. The lowest BCUT2D eigenvalue weighted by atomic mass is 9.93. The molecule has 0 saturated heterocycles. The Morgan fingerprint density at radius 1 is 1.25 bits per heavy atom. The van der Waals surface area contributed by atoms with E-state index in [0.29, 0.717) is 0 Å². The summed E-state index contributed by atoms with van der Waals surface area (Å²) in [6.45, 7) is 0. The molecule has 1 saturated carbocycles. The van der Waals surface area contributed by atoms with Crippen LogP contribution in [0.1, 0.15) is 38.5 Å². The molecule has 1 fully saturated rings. The summed E-state index contributed by atoms with van der Waals surface area (Å²) in [7, 11) is 0. The minimum absolute atomic E-state index is 0.213. The number of nitrogens with two attached hydrogens (primary N) is 1. The van der Waals surface area contributed by atoms with Crippen LogP contribution in [0.15, 0.2) is 0 Å². The second kappa shape index (κ2) is 4.45. The zero-order valence-corrected chi connectivity index (χ0v) is 7.33. The Morgan fingerprint density at radius 3 is 2.17 bits per heavy atom. The van der Waals surface area contributed by atoms with E-state index < -0.39 is 12.0 Å². The number of carboxylic acids is 1. The molecule has 0 spiro atoms. The molecule has 0 bridgehead atoms. The highest BCUT2D eigenvalue weighted by Gasteiger charge is 2.24. The van der Waals surface area contributed by atoms with Crippen LogP contribution in [0.3, 0.4) is 0 Å². The molecule has 3 nitrogen and oxygen atoms in total. The van der Waals surface area contributed by atoms with Crippen LogP contribution in [0.4, 0.5) is 0 Å². The van der Waals surface area contributed by atoms with Gasteiger partial charge in [-0.3, -0.25) is 4.79 Å². The lowest BCUT2D eigenvalue weighted by molar-refractivity contribution is -0.140. The van der Waals surface area contributed by atoms with Crippen molar-refractivity contribution in [1.29, 1.82) is 0 Å². The number of aliphatic carboxylic acids is 1. The first-order chi connectivity index (χ1) is 5.72. The van der Waals surface area contributed by atoms with Crippen molar-refractivity contribution in [2.75, 3.05) is 0 Å². The van der Waals surface area contributed by atoms with Gasteiger partial charge in [-0.2, -0.15) is 0 Å². The summed E-state index contributed by atoms with van der Waals surface area (Å²) in [5.41, 5.74) is 5.56. The highest BCUT2D eigenvalue weighted by atomic mass is 16.4. The Labute approximate surface area is 72.9 Å². The normalized spacial score (nSPS) is 23.1. The monoisotopic (exact) mass is 171 g/mol. The van der Waals surface area contributed by atoms with Crippen molar-refractivity contribution < 1.29 is 9.90 Å². The van der Waals surface area contributed by atoms with Gasteiger partial charge in [-0.15, -0.1) is 0 Å². The molecular formula is C9H17NO2. The predicted octanol–water partition coefficient (Wildman–Crippen LogP) is 1.37. The maximum Gasteiger partial charge on any atom is 0.320 e. The van der Waals surface area contributed by atoms with E-state index >= 15 is 0 Å². The Morgan fingerprint density at radius 2 is 1.75 bits per heavy atom. The first-order valence-corrected chi connectivity index (χ1v) is 4.70. The average molecular weight is 171 g/mol. The molecule has 1 aliphatic carbocycles. The van der Waals surface area contributed by atoms with Gasteiger partial charge >= 0.3 is 5.97 Å². The fraction of sp³-hybridized carbons (Fsp3) is 0.889. The van der Waals surface area contributed by atoms with E-state index in [-0.39, 0.29) is 5.92 Å². The Balaban J connectivity index is 2.42. The molecule has 70 valence electrons. The summed E-state index contributed by atoms with van der Waals surface area (Å²) >= 11 is 0. The van der Waals surface area contributed by atoms with E-state index in [9.17, 15) is 4.79 Å². The molecule has 0 radical (unpaired) electrons. The second-order valence-electron chi connectivity index (χ2n) is 3.62. The summed E-state index contributed by atoms with van der Waals surface area (Å²) < 4.78 is 0. The summed E-state index contributed by atoms with van der Waals surface area (Å²) in [5, 5.41) is 8.70. The van der Waals surface area contributed by atoms with Crippen LogP contribution in [0.5, 0.6) is 0 Å². The lowest BCUT2D eigenvalue weighted by Crippen LogP contribution is -2.37. The van der Waals surface area contributed by atoms with E-state index in [4.69, 9.17) is 10.8 Å². The number of hydrogen-bond donors (Lipinski definition) is 2. The molecule has 0 unspecified atom stereocenters. The van der Waals surface area contributed by atoms with Crippen LogP contribution in [0.25, 0.3) is 0 Å². The van der Waals surface area contributed by atoms with E-state index in [1.165, 1.54) is 12.8 Å². The first kappa shape index (κ1) is 9.52. The molecule has 0 heterocycles. The van der Waals surface area contributed by atoms with Crippen molar-refractivity contribution in [1.82, 2.24) is 0 Å². The fourth-order valence-electron chi connectivity index (χ4n) is 1.87. The van der Waals surface area contributed by atoms with Gasteiger partial charge in [-0.25, -0.2) is 0 Å². The van der Waals surface area contributed by atoms with Gasteiger partial charge in [0.2, 0.25) is 0 Å². The van der Waals surface area contributed by atoms with Crippen molar-refractivity contribution >= 4 is 5.97 Å². The maximum atomic E-state index is 10.6. The summed E-state index contributed by atoms with van der Waals surface area (Å²) in [6, 6.07) is -0.636. The number of hydrogen-bond acceptors (Lipinski definition) is 2. The molecule has 0 aromatic heterocycles. The molecule has 0 aromatic rings. The largest absolute Gasteiger partial charge is 0.480 e. The van der Waals surface area contributed by atoms with Gasteiger partial charge in [-0.1, -0.05) is 25.7 Å². The van der Waals surface area contributed by atoms with Crippen LogP contribution in [-0.4, -0.2) is 17.1 Å². The van der Waals surface area contributed by atoms with Crippen LogP contribution >= 0.6 is 0 Å². The minimum Gasteiger partial charge on any atom is -0.480 e. The van der Waals surface area contributed by atoms with Crippen molar-refractivity contribution in [2.45, 2.75) is 44.6 Å². The van der Waals surface area contributed by atoms with Crippen LogP contribution in [0, 0.1) is 5.92 Å².